The second kappa shape index (κ2) is 5.88. The number of aliphatic carboxylic acids is 1. The van der Waals surface area contributed by atoms with Crippen molar-refractivity contribution < 1.29 is 42.5 Å². The molecule has 1 saturated heterocycles. The number of hydrogen-bond acceptors (Lipinski definition) is 2. The fraction of sp³-hybridized carbons (Fsp3) is 0.800. The van der Waals surface area contributed by atoms with Crippen LogP contribution in [-0.4, -0.2) is 29.3 Å². The quantitative estimate of drug-likeness (QED) is 0.625. The van der Waals surface area contributed by atoms with Gasteiger partial charge in [0.15, 0.2) is 6.10 Å². The molecule has 1 heterocycles. The van der Waals surface area contributed by atoms with E-state index in [1.54, 1.807) is 0 Å². The molecular weight excluding hydrogens is 232 g/mol. The van der Waals surface area contributed by atoms with Crippen LogP contribution in [0, 0.1) is 0 Å². The predicted molar refractivity (Wildman–Crippen MR) is 30.2 cm³/mol. The summed E-state index contributed by atoms with van der Waals surface area (Å²) in [5, 5.41) is 8.29. The van der Waals surface area contributed by atoms with Crippen LogP contribution in [0.1, 0.15) is 12.8 Å². The molecular formula is C5H10AgO4. The van der Waals surface area contributed by atoms with Gasteiger partial charge in [0, 0.05) is 29.0 Å². The summed E-state index contributed by atoms with van der Waals surface area (Å²) in [6.45, 7) is 0.608. The number of carboxylic acids is 1. The van der Waals surface area contributed by atoms with Crippen LogP contribution in [0.25, 0.3) is 0 Å². The van der Waals surface area contributed by atoms with Crippen molar-refractivity contribution in [1.29, 1.82) is 0 Å². The van der Waals surface area contributed by atoms with Gasteiger partial charge in [0.1, 0.15) is 0 Å². The Balaban J connectivity index is 0. The summed E-state index contributed by atoms with van der Waals surface area (Å²) in [6, 6.07) is 0. The maximum absolute atomic E-state index is 10.1. The summed E-state index contributed by atoms with van der Waals surface area (Å²) < 4.78 is 4.81. The Bertz CT molecular complexity index is 99.8. The minimum Gasteiger partial charge on any atom is -0.479 e. The maximum Gasteiger partial charge on any atom is 0.332 e. The van der Waals surface area contributed by atoms with E-state index in [2.05, 4.69) is 0 Å². The zero-order valence-electron chi connectivity index (χ0n) is 5.26. The molecule has 1 rings (SSSR count). The molecule has 1 aliphatic heterocycles. The van der Waals surface area contributed by atoms with E-state index in [0.717, 1.165) is 6.42 Å². The van der Waals surface area contributed by atoms with Crippen LogP contribution in [0.4, 0.5) is 0 Å². The number of carbonyl (C=O) groups is 1. The first kappa shape index (κ1) is 12.8. The van der Waals surface area contributed by atoms with Gasteiger partial charge in [0.25, 0.3) is 0 Å². The van der Waals surface area contributed by atoms with Gasteiger partial charge in [-0.1, -0.05) is 0 Å². The summed E-state index contributed by atoms with van der Waals surface area (Å²) in [6.07, 6.45) is 1.04. The fourth-order valence-corrected chi connectivity index (χ4v) is 0.772. The summed E-state index contributed by atoms with van der Waals surface area (Å²) in [4.78, 5) is 10.1. The molecule has 0 aromatic rings. The van der Waals surface area contributed by atoms with Crippen LogP contribution in [0.2, 0.25) is 0 Å². The molecule has 0 bridgehead atoms. The van der Waals surface area contributed by atoms with E-state index in [1.165, 1.54) is 0 Å². The van der Waals surface area contributed by atoms with Gasteiger partial charge < -0.3 is 15.3 Å². The van der Waals surface area contributed by atoms with E-state index in [9.17, 15) is 4.79 Å². The minimum atomic E-state index is -0.831. The zero-order valence-corrected chi connectivity index (χ0v) is 6.75. The van der Waals surface area contributed by atoms with Crippen LogP contribution >= 0.6 is 0 Å². The molecule has 1 unspecified atom stereocenters. The second-order valence-corrected chi connectivity index (χ2v) is 1.84. The molecule has 0 amide bonds. The normalized spacial score (nSPS) is 22.6. The molecule has 1 atom stereocenters. The molecule has 0 aromatic heterocycles. The molecule has 0 saturated carbocycles. The molecule has 1 radical (unpaired) electrons. The molecule has 1 fully saturated rings. The Kier molecular flexibility index (Phi) is 7.51. The van der Waals surface area contributed by atoms with E-state index >= 15 is 0 Å². The van der Waals surface area contributed by atoms with Crippen LogP contribution in [0.3, 0.4) is 0 Å². The Morgan fingerprint density at radius 3 is 2.40 bits per heavy atom. The summed E-state index contributed by atoms with van der Waals surface area (Å²) >= 11 is 0. The summed E-state index contributed by atoms with van der Waals surface area (Å²) in [5.74, 6) is -0.831. The van der Waals surface area contributed by atoms with Gasteiger partial charge in [-0.3, -0.25) is 0 Å². The SMILES string of the molecule is O.O=C(O)C1CCCO1.[Ag]. The number of hydrogen-bond donors (Lipinski definition) is 1. The molecule has 3 N–H and O–H groups in total. The van der Waals surface area contributed by atoms with Crippen LogP contribution in [-0.2, 0) is 31.9 Å². The molecule has 5 heteroatoms. The molecule has 10 heavy (non-hydrogen) atoms. The van der Waals surface area contributed by atoms with Crippen molar-refractivity contribution in [2.75, 3.05) is 6.61 Å². The third-order valence-corrected chi connectivity index (χ3v) is 1.21. The summed E-state index contributed by atoms with van der Waals surface area (Å²) in [7, 11) is 0. The van der Waals surface area contributed by atoms with Crippen molar-refractivity contribution in [2.45, 2.75) is 18.9 Å². The topological polar surface area (TPSA) is 78.0 Å². The Morgan fingerprint density at radius 1 is 1.60 bits per heavy atom. The monoisotopic (exact) mass is 241 g/mol. The van der Waals surface area contributed by atoms with Crippen molar-refractivity contribution in [3.05, 3.63) is 0 Å². The molecule has 0 aromatic carbocycles. The number of carboxylic acid groups (broad SMARTS) is 1. The molecule has 0 spiro atoms. The third kappa shape index (κ3) is 3.34. The van der Waals surface area contributed by atoms with E-state index in [1.807, 2.05) is 0 Å². The summed E-state index contributed by atoms with van der Waals surface area (Å²) in [5.41, 5.74) is 0. The average Bonchev–Trinajstić information content (AvgIpc) is 2.12. The predicted octanol–water partition coefficient (Wildman–Crippen LogP) is -0.577. The Hall–Kier alpha value is 0.130. The molecule has 0 aliphatic carbocycles. The van der Waals surface area contributed by atoms with E-state index in [0.29, 0.717) is 13.0 Å². The van der Waals surface area contributed by atoms with Gasteiger partial charge in [-0.15, -0.1) is 0 Å². The van der Waals surface area contributed by atoms with Crippen molar-refractivity contribution >= 4 is 5.97 Å². The van der Waals surface area contributed by atoms with Crippen LogP contribution in [0.15, 0.2) is 0 Å². The zero-order chi connectivity index (χ0) is 5.98. The number of ether oxygens (including phenoxy) is 1. The average molecular weight is 242 g/mol. The minimum absolute atomic E-state index is 0. The van der Waals surface area contributed by atoms with Crippen molar-refractivity contribution in [3.63, 3.8) is 0 Å². The van der Waals surface area contributed by atoms with E-state index < -0.39 is 12.1 Å². The fourth-order valence-electron chi connectivity index (χ4n) is 0.772. The Morgan fingerprint density at radius 2 is 2.20 bits per heavy atom. The third-order valence-electron chi connectivity index (χ3n) is 1.21. The van der Waals surface area contributed by atoms with E-state index in [4.69, 9.17) is 9.84 Å². The first-order valence-electron chi connectivity index (χ1n) is 2.65. The number of rotatable bonds is 1. The van der Waals surface area contributed by atoms with Gasteiger partial charge in [0.2, 0.25) is 0 Å². The largest absolute Gasteiger partial charge is 0.479 e. The second-order valence-electron chi connectivity index (χ2n) is 1.84. The van der Waals surface area contributed by atoms with Gasteiger partial charge in [-0.05, 0) is 12.8 Å². The standard InChI is InChI=1S/C5H8O3.Ag.H2O/c6-5(7)4-2-1-3-8-4;;/h4H,1-3H2,(H,6,7);;1H2. The van der Waals surface area contributed by atoms with Crippen molar-refractivity contribution in [2.24, 2.45) is 0 Å². The molecule has 4 nitrogen and oxygen atoms in total. The smallest absolute Gasteiger partial charge is 0.332 e. The van der Waals surface area contributed by atoms with Gasteiger partial charge >= 0.3 is 5.97 Å². The van der Waals surface area contributed by atoms with Gasteiger partial charge in [0.05, 0.1) is 0 Å². The van der Waals surface area contributed by atoms with Crippen LogP contribution in [0.5, 0.6) is 0 Å². The Labute approximate surface area is 74.4 Å². The first-order valence-corrected chi connectivity index (χ1v) is 2.65. The van der Waals surface area contributed by atoms with E-state index in [-0.39, 0.29) is 27.9 Å². The van der Waals surface area contributed by atoms with Crippen molar-refractivity contribution in [3.8, 4) is 0 Å². The van der Waals surface area contributed by atoms with Gasteiger partial charge in [-0.2, -0.15) is 0 Å². The van der Waals surface area contributed by atoms with Crippen LogP contribution < -0.4 is 0 Å². The first-order chi connectivity index (χ1) is 3.80. The van der Waals surface area contributed by atoms with Gasteiger partial charge in [-0.25, -0.2) is 4.79 Å². The maximum atomic E-state index is 10.1. The molecule has 65 valence electrons. The molecule has 1 aliphatic rings. The van der Waals surface area contributed by atoms with Crippen molar-refractivity contribution in [1.82, 2.24) is 0 Å².